The molecule has 202 valence electrons. The molecule has 0 aliphatic heterocycles. The molecule has 0 aromatic heterocycles. The van der Waals surface area contributed by atoms with E-state index in [1.807, 2.05) is 32.1 Å². The first-order valence-electron chi connectivity index (χ1n) is 12.1. The van der Waals surface area contributed by atoms with E-state index in [0.29, 0.717) is 12.0 Å². The molecular weight excluding hydrogens is 474 g/mol. The molecule has 9 heteroatoms. The molecule has 0 aromatic rings. The zero-order valence-corrected chi connectivity index (χ0v) is 20.8. The van der Waals surface area contributed by atoms with Crippen molar-refractivity contribution in [1.29, 1.82) is 0 Å². The van der Waals surface area contributed by atoms with Crippen molar-refractivity contribution >= 4 is 0 Å². The van der Waals surface area contributed by atoms with Gasteiger partial charge in [-0.2, -0.15) is 26.3 Å². The Morgan fingerprint density at radius 1 is 1.09 bits per heavy atom. The third-order valence-electron chi connectivity index (χ3n) is 8.98. The zero-order chi connectivity index (χ0) is 27.0. The maximum absolute atomic E-state index is 13.0. The van der Waals surface area contributed by atoms with E-state index in [0.717, 1.165) is 18.4 Å². The van der Waals surface area contributed by atoms with Crippen molar-refractivity contribution in [2.24, 2.45) is 22.7 Å². The van der Waals surface area contributed by atoms with Crippen LogP contribution in [0.4, 0.5) is 26.3 Å². The van der Waals surface area contributed by atoms with E-state index in [9.17, 15) is 41.7 Å². The van der Waals surface area contributed by atoms with Crippen LogP contribution < -0.4 is 0 Å². The molecule has 35 heavy (non-hydrogen) atoms. The van der Waals surface area contributed by atoms with Crippen LogP contribution in [0, 0.1) is 22.7 Å². The third kappa shape index (κ3) is 5.82. The van der Waals surface area contributed by atoms with Crippen LogP contribution in [0.5, 0.6) is 0 Å². The summed E-state index contributed by atoms with van der Waals surface area (Å²) in [5, 5.41) is 29.3. The minimum absolute atomic E-state index is 0.126. The maximum atomic E-state index is 13.0. The summed E-state index contributed by atoms with van der Waals surface area (Å²) in [6.07, 6.45) is -6.68. The van der Waals surface area contributed by atoms with Crippen LogP contribution in [0.1, 0.15) is 72.6 Å². The highest BCUT2D eigenvalue weighted by atomic mass is 19.4. The van der Waals surface area contributed by atoms with Crippen LogP contribution in [0.2, 0.25) is 0 Å². The van der Waals surface area contributed by atoms with Crippen LogP contribution >= 0.6 is 0 Å². The molecule has 5 atom stereocenters. The molecule has 0 heterocycles. The minimum atomic E-state index is -5.79. The average molecular weight is 513 g/mol. The van der Waals surface area contributed by atoms with Gasteiger partial charge >= 0.3 is 12.4 Å². The minimum Gasteiger partial charge on any atom is -0.393 e. The smallest absolute Gasteiger partial charge is 0.393 e. The zero-order valence-electron chi connectivity index (χ0n) is 20.8. The highest BCUT2D eigenvalue weighted by molar-refractivity contribution is 5.37. The van der Waals surface area contributed by atoms with Gasteiger partial charge in [0.25, 0.3) is 5.60 Å². The fourth-order valence-electron chi connectivity index (χ4n) is 5.77. The highest BCUT2D eigenvalue weighted by Gasteiger charge is 2.69. The molecule has 3 nitrogen and oxygen atoms in total. The second kappa shape index (κ2) is 10.2. The normalized spacial score (nSPS) is 32.5. The Morgan fingerprint density at radius 2 is 1.66 bits per heavy atom. The molecular formula is C26H38F6O3. The van der Waals surface area contributed by atoms with Crippen molar-refractivity contribution in [3.63, 3.8) is 0 Å². The molecule has 2 rings (SSSR count). The Hall–Kier alpha value is -1.32. The van der Waals surface area contributed by atoms with E-state index in [4.69, 9.17) is 0 Å². The SMILES string of the molecule is C=C1C(=CC=C[C@@H]2CC[C@](C)([C@@H](C)CCCC(O)(C(F)(F)F)C(F)(F)F)C2(C)C)C[C@@H](O)C[C@@H]1O. The van der Waals surface area contributed by atoms with Gasteiger partial charge in [0.05, 0.1) is 12.2 Å². The van der Waals surface area contributed by atoms with Crippen LogP contribution in [0.15, 0.2) is 36.0 Å². The first-order chi connectivity index (χ1) is 15.8. The molecule has 3 N–H and O–H groups in total. The molecule has 0 amide bonds. The standard InChI is InChI=1S/C26H38F6O3/c1-16(8-7-12-24(35,25(27,28)29)26(30,31)32)23(5)13-11-19(22(23,3)4)10-6-9-18-14-20(33)15-21(34)17(18)2/h6,9-10,16,19-21,33-35H,2,7-8,11-15H2,1,3-5H3/t16-,19+,20+,21-,23+/m0/s1. The second-order valence-corrected chi connectivity index (χ2v) is 11.1. The average Bonchev–Trinajstić information content (AvgIpc) is 2.93. The van der Waals surface area contributed by atoms with E-state index < -0.39 is 43.0 Å². The molecule has 0 radical (unpaired) electrons. The van der Waals surface area contributed by atoms with E-state index in [2.05, 4.69) is 20.4 Å². The maximum Gasteiger partial charge on any atom is 0.426 e. The number of allylic oxidation sites excluding steroid dienone is 3. The summed E-state index contributed by atoms with van der Waals surface area (Å²) in [6, 6.07) is 0. The number of aliphatic hydroxyl groups is 3. The highest BCUT2D eigenvalue weighted by Crippen LogP contribution is 2.61. The first kappa shape index (κ1) is 29.9. The van der Waals surface area contributed by atoms with E-state index >= 15 is 0 Å². The Bertz CT molecular complexity index is 812. The topological polar surface area (TPSA) is 60.7 Å². The Labute approximate surface area is 203 Å². The number of hydrogen-bond donors (Lipinski definition) is 3. The number of halogens is 6. The molecule has 2 aliphatic rings. The van der Waals surface area contributed by atoms with Gasteiger partial charge in [-0.3, -0.25) is 0 Å². The van der Waals surface area contributed by atoms with Crippen molar-refractivity contribution in [1.82, 2.24) is 0 Å². The second-order valence-electron chi connectivity index (χ2n) is 11.1. The number of alkyl halides is 6. The predicted molar refractivity (Wildman–Crippen MR) is 122 cm³/mol. The van der Waals surface area contributed by atoms with Gasteiger partial charge in [0.1, 0.15) is 0 Å². The van der Waals surface area contributed by atoms with Crippen LogP contribution in [-0.4, -0.2) is 45.5 Å². The van der Waals surface area contributed by atoms with E-state index in [1.54, 1.807) is 0 Å². The Morgan fingerprint density at radius 3 is 2.20 bits per heavy atom. The molecule has 2 saturated carbocycles. The van der Waals surface area contributed by atoms with Gasteiger partial charge < -0.3 is 15.3 Å². The summed E-state index contributed by atoms with van der Waals surface area (Å²) in [7, 11) is 0. The van der Waals surface area contributed by atoms with Gasteiger partial charge in [-0.05, 0) is 65.9 Å². The lowest BCUT2D eigenvalue weighted by molar-refractivity contribution is -0.370. The van der Waals surface area contributed by atoms with Crippen LogP contribution in [0.3, 0.4) is 0 Å². The van der Waals surface area contributed by atoms with Gasteiger partial charge in [0, 0.05) is 6.42 Å². The third-order valence-corrected chi connectivity index (χ3v) is 8.98. The number of hydrogen-bond acceptors (Lipinski definition) is 3. The summed E-state index contributed by atoms with van der Waals surface area (Å²) < 4.78 is 77.9. The Kier molecular flexibility index (Phi) is 8.72. The van der Waals surface area contributed by atoms with E-state index in [1.165, 1.54) is 0 Å². The van der Waals surface area contributed by atoms with E-state index in [-0.39, 0.29) is 35.5 Å². The summed E-state index contributed by atoms with van der Waals surface area (Å²) in [5.41, 5.74) is -3.95. The van der Waals surface area contributed by atoms with Gasteiger partial charge in [0.2, 0.25) is 0 Å². The number of aliphatic hydroxyl groups excluding tert-OH is 2. The van der Waals surface area contributed by atoms with Crippen LogP contribution in [0.25, 0.3) is 0 Å². The van der Waals surface area contributed by atoms with Crippen molar-refractivity contribution in [2.75, 3.05) is 0 Å². The molecule has 0 unspecified atom stereocenters. The lowest BCUT2D eigenvalue weighted by atomic mass is 9.59. The van der Waals surface area contributed by atoms with Crippen molar-refractivity contribution < 1.29 is 41.7 Å². The first-order valence-corrected chi connectivity index (χ1v) is 12.1. The fraction of sp³-hybridized carbons (Fsp3) is 0.769. The fourth-order valence-corrected chi connectivity index (χ4v) is 5.77. The monoisotopic (exact) mass is 512 g/mol. The largest absolute Gasteiger partial charge is 0.426 e. The Balaban J connectivity index is 2.08. The molecule has 0 bridgehead atoms. The molecule has 0 saturated heterocycles. The van der Waals surface area contributed by atoms with Gasteiger partial charge in [0.15, 0.2) is 0 Å². The number of rotatable bonds is 7. The molecule has 2 aliphatic carbocycles. The van der Waals surface area contributed by atoms with Gasteiger partial charge in [-0.15, -0.1) is 0 Å². The van der Waals surface area contributed by atoms with Crippen LogP contribution in [-0.2, 0) is 0 Å². The molecule has 0 spiro atoms. The van der Waals surface area contributed by atoms with Crippen molar-refractivity contribution in [3.8, 4) is 0 Å². The van der Waals surface area contributed by atoms with Gasteiger partial charge in [-0.25, -0.2) is 0 Å². The lowest BCUT2D eigenvalue weighted by Gasteiger charge is -2.46. The lowest BCUT2D eigenvalue weighted by Crippen LogP contribution is -2.56. The summed E-state index contributed by atoms with van der Waals surface area (Å²) in [6.45, 7) is 11.9. The molecule has 2 fully saturated rings. The summed E-state index contributed by atoms with van der Waals surface area (Å²) >= 11 is 0. The van der Waals surface area contributed by atoms with Crippen molar-refractivity contribution in [3.05, 3.63) is 36.0 Å². The van der Waals surface area contributed by atoms with Gasteiger partial charge in [-0.1, -0.05) is 58.9 Å². The predicted octanol–water partition coefficient (Wildman–Crippen LogP) is 6.65. The summed E-state index contributed by atoms with van der Waals surface area (Å²) in [4.78, 5) is 0. The quantitative estimate of drug-likeness (QED) is 0.335. The molecule has 0 aromatic carbocycles. The van der Waals surface area contributed by atoms with Crippen molar-refractivity contribution in [2.45, 2.75) is 103 Å². The summed E-state index contributed by atoms with van der Waals surface area (Å²) in [5.74, 6) is -0.0378.